The third-order valence-electron chi connectivity index (χ3n) is 4.78. The first-order valence-corrected chi connectivity index (χ1v) is 10.6. The third-order valence-corrected chi connectivity index (χ3v) is 6.22. The van der Waals surface area contributed by atoms with Crippen LogP contribution in [0.4, 0.5) is 5.00 Å². The number of ether oxygens (including phenoxy) is 2. The molecule has 0 radical (unpaired) electrons. The van der Waals surface area contributed by atoms with Gasteiger partial charge in [0.15, 0.2) is 6.10 Å². The summed E-state index contributed by atoms with van der Waals surface area (Å²) in [5.41, 5.74) is 1.52. The average molecular weight is 422 g/mol. The van der Waals surface area contributed by atoms with Crippen molar-refractivity contribution in [3.63, 3.8) is 0 Å². The molecular weight excluding hydrogens is 398 g/mol. The van der Waals surface area contributed by atoms with Crippen molar-refractivity contribution in [2.24, 2.45) is 0 Å². The fourth-order valence-corrected chi connectivity index (χ4v) is 4.80. The Hall–Kier alpha value is -2.05. The predicted octanol–water partition coefficient (Wildman–Crippen LogP) is 5.25. The van der Waals surface area contributed by atoms with Gasteiger partial charge in [0.05, 0.1) is 12.7 Å². The van der Waals surface area contributed by atoms with E-state index in [9.17, 15) is 9.59 Å². The lowest BCUT2D eigenvalue weighted by molar-refractivity contribution is -0.122. The number of rotatable bonds is 5. The number of carbonyl (C=O) groups excluding carboxylic acids is 2. The zero-order chi connectivity index (χ0) is 20.1. The maximum Gasteiger partial charge on any atom is 0.341 e. The van der Waals surface area contributed by atoms with Crippen molar-refractivity contribution in [3.05, 3.63) is 45.3 Å². The lowest BCUT2D eigenvalue weighted by Gasteiger charge is -2.15. The molecule has 5 nitrogen and oxygen atoms in total. The van der Waals surface area contributed by atoms with Crippen molar-refractivity contribution in [1.82, 2.24) is 0 Å². The number of fused-ring (bicyclic) bond motifs is 1. The van der Waals surface area contributed by atoms with Crippen LogP contribution in [0.1, 0.15) is 53.4 Å². The number of anilines is 1. The molecule has 1 amide bonds. The van der Waals surface area contributed by atoms with E-state index in [1.54, 1.807) is 31.2 Å². The van der Waals surface area contributed by atoms with Gasteiger partial charge in [0.25, 0.3) is 5.91 Å². The molecule has 0 saturated carbocycles. The Kier molecular flexibility index (Phi) is 6.97. The minimum Gasteiger partial charge on any atom is -0.481 e. The van der Waals surface area contributed by atoms with Gasteiger partial charge >= 0.3 is 5.97 Å². The Bertz CT molecular complexity index is 864. The predicted molar refractivity (Wildman–Crippen MR) is 112 cm³/mol. The molecule has 0 fully saturated rings. The van der Waals surface area contributed by atoms with E-state index in [2.05, 4.69) is 5.32 Å². The molecule has 1 heterocycles. The fourth-order valence-electron chi connectivity index (χ4n) is 3.34. The van der Waals surface area contributed by atoms with Crippen LogP contribution in [-0.2, 0) is 22.4 Å². The first-order chi connectivity index (χ1) is 13.5. The molecule has 1 aliphatic carbocycles. The number of aryl methyl sites for hydroxylation is 1. The molecule has 0 aliphatic heterocycles. The van der Waals surface area contributed by atoms with Gasteiger partial charge in [-0.2, -0.15) is 0 Å². The number of carbonyl (C=O) groups is 2. The Balaban J connectivity index is 1.81. The summed E-state index contributed by atoms with van der Waals surface area (Å²) in [5.74, 6) is -0.210. The SMILES string of the molecule is COC(=O)c1c(NC(=O)C(C)Oc2cccc(Cl)c2)sc2c1CCCCCC2. The number of methoxy groups -OCH3 is 1. The number of benzene rings is 1. The van der Waals surface area contributed by atoms with Crippen LogP contribution in [0.2, 0.25) is 5.02 Å². The van der Waals surface area contributed by atoms with Gasteiger partial charge in [-0.25, -0.2) is 4.79 Å². The Labute approximate surface area is 174 Å². The molecule has 1 unspecified atom stereocenters. The molecule has 2 aromatic rings. The molecule has 1 N–H and O–H groups in total. The number of esters is 1. The molecule has 28 heavy (non-hydrogen) atoms. The summed E-state index contributed by atoms with van der Waals surface area (Å²) in [6.07, 6.45) is 5.49. The minimum absolute atomic E-state index is 0.320. The molecule has 1 atom stereocenters. The van der Waals surface area contributed by atoms with Crippen molar-refractivity contribution < 1.29 is 19.1 Å². The molecule has 3 rings (SSSR count). The average Bonchev–Trinajstić information content (AvgIpc) is 2.97. The zero-order valence-electron chi connectivity index (χ0n) is 16.0. The van der Waals surface area contributed by atoms with Crippen molar-refractivity contribution in [1.29, 1.82) is 0 Å². The minimum atomic E-state index is -0.742. The fraction of sp³-hybridized carbons (Fsp3) is 0.429. The molecule has 7 heteroatoms. The van der Waals surface area contributed by atoms with E-state index in [1.165, 1.54) is 29.7 Å². The van der Waals surface area contributed by atoms with Gasteiger partial charge in [-0.1, -0.05) is 30.5 Å². The number of nitrogens with one attached hydrogen (secondary N) is 1. The van der Waals surface area contributed by atoms with E-state index in [-0.39, 0.29) is 5.91 Å². The van der Waals surface area contributed by atoms with E-state index >= 15 is 0 Å². The number of halogens is 1. The largest absolute Gasteiger partial charge is 0.481 e. The van der Waals surface area contributed by atoms with Gasteiger partial charge in [0, 0.05) is 9.90 Å². The van der Waals surface area contributed by atoms with Crippen LogP contribution < -0.4 is 10.1 Å². The second kappa shape index (κ2) is 9.43. The van der Waals surface area contributed by atoms with Crippen LogP contribution in [0, 0.1) is 0 Å². The van der Waals surface area contributed by atoms with Crippen molar-refractivity contribution in [2.75, 3.05) is 12.4 Å². The van der Waals surface area contributed by atoms with Crippen LogP contribution in [0.3, 0.4) is 0 Å². The molecule has 1 aromatic heterocycles. The molecule has 1 aliphatic rings. The Morgan fingerprint density at radius 2 is 1.93 bits per heavy atom. The van der Waals surface area contributed by atoms with Gasteiger partial charge in [-0.3, -0.25) is 4.79 Å². The summed E-state index contributed by atoms with van der Waals surface area (Å²) < 4.78 is 10.7. The van der Waals surface area contributed by atoms with Crippen molar-refractivity contribution in [2.45, 2.75) is 51.6 Å². The number of amides is 1. The van der Waals surface area contributed by atoms with Gasteiger partial charge in [0.2, 0.25) is 0 Å². The number of thiophene rings is 1. The quantitative estimate of drug-likeness (QED) is 0.669. The van der Waals surface area contributed by atoms with Gasteiger partial charge in [-0.15, -0.1) is 11.3 Å². The summed E-state index contributed by atoms with van der Waals surface area (Å²) in [5, 5.41) is 3.96. The summed E-state index contributed by atoms with van der Waals surface area (Å²) in [7, 11) is 1.37. The smallest absolute Gasteiger partial charge is 0.341 e. The lowest BCUT2D eigenvalue weighted by atomic mass is 9.96. The molecule has 0 saturated heterocycles. The van der Waals surface area contributed by atoms with Gasteiger partial charge in [-0.05, 0) is 56.4 Å². The van der Waals surface area contributed by atoms with Crippen molar-refractivity contribution >= 4 is 39.8 Å². The molecule has 1 aromatic carbocycles. The van der Waals surface area contributed by atoms with Crippen molar-refractivity contribution in [3.8, 4) is 5.75 Å². The van der Waals surface area contributed by atoms with E-state index in [1.807, 2.05) is 0 Å². The van der Waals surface area contributed by atoms with E-state index in [4.69, 9.17) is 21.1 Å². The van der Waals surface area contributed by atoms with E-state index < -0.39 is 12.1 Å². The molecule has 150 valence electrons. The highest BCUT2D eigenvalue weighted by molar-refractivity contribution is 7.17. The Morgan fingerprint density at radius 1 is 1.18 bits per heavy atom. The van der Waals surface area contributed by atoms with Gasteiger partial charge < -0.3 is 14.8 Å². The third kappa shape index (κ3) is 4.86. The van der Waals surface area contributed by atoms with E-state index in [0.717, 1.165) is 37.7 Å². The monoisotopic (exact) mass is 421 g/mol. The highest BCUT2D eigenvalue weighted by Crippen LogP contribution is 2.37. The maximum absolute atomic E-state index is 12.7. The highest BCUT2D eigenvalue weighted by Gasteiger charge is 2.27. The second-order valence-corrected chi connectivity index (χ2v) is 8.36. The first-order valence-electron chi connectivity index (χ1n) is 9.45. The zero-order valence-corrected chi connectivity index (χ0v) is 17.6. The summed E-state index contributed by atoms with van der Waals surface area (Å²) >= 11 is 7.44. The standard InChI is InChI=1S/C21H24ClNO4S/c1-13(27-15-9-7-8-14(22)12-15)19(24)23-20-18(21(25)26-2)16-10-5-3-4-6-11-17(16)28-20/h7-9,12-13H,3-6,10-11H2,1-2H3,(H,23,24). The maximum atomic E-state index is 12.7. The summed E-state index contributed by atoms with van der Waals surface area (Å²) in [4.78, 5) is 26.3. The first kappa shape index (κ1) is 20.7. The van der Waals surface area contributed by atoms with E-state index in [0.29, 0.717) is 21.3 Å². The van der Waals surface area contributed by atoms with Crippen LogP contribution in [0.5, 0.6) is 5.75 Å². The Morgan fingerprint density at radius 3 is 2.64 bits per heavy atom. The van der Waals surface area contributed by atoms with Crippen LogP contribution in [0.15, 0.2) is 24.3 Å². The lowest BCUT2D eigenvalue weighted by Crippen LogP contribution is -2.30. The second-order valence-electron chi connectivity index (χ2n) is 6.82. The summed E-state index contributed by atoms with van der Waals surface area (Å²) in [6.45, 7) is 1.66. The van der Waals surface area contributed by atoms with Crippen LogP contribution in [0.25, 0.3) is 0 Å². The summed E-state index contributed by atoms with van der Waals surface area (Å²) in [6, 6.07) is 6.90. The van der Waals surface area contributed by atoms with Crippen LogP contribution >= 0.6 is 22.9 Å². The number of hydrogen-bond acceptors (Lipinski definition) is 5. The highest BCUT2D eigenvalue weighted by atomic mass is 35.5. The topological polar surface area (TPSA) is 64.6 Å². The molecular formula is C21H24ClNO4S. The van der Waals surface area contributed by atoms with Gasteiger partial charge in [0.1, 0.15) is 10.8 Å². The molecule has 0 spiro atoms. The number of hydrogen-bond donors (Lipinski definition) is 1. The van der Waals surface area contributed by atoms with Crippen LogP contribution in [-0.4, -0.2) is 25.1 Å². The normalized spacial score (nSPS) is 15.0. The molecule has 0 bridgehead atoms.